The summed E-state index contributed by atoms with van der Waals surface area (Å²) in [5.74, 6) is 0. The van der Waals surface area contributed by atoms with Crippen molar-refractivity contribution in [1.29, 1.82) is 0 Å². The summed E-state index contributed by atoms with van der Waals surface area (Å²) in [7, 11) is 0. The molecule has 0 saturated carbocycles. The van der Waals surface area contributed by atoms with Crippen LogP contribution in [0.4, 0.5) is 0 Å². The zero-order valence-corrected chi connectivity index (χ0v) is 2.75. The van der Waals surface area contributed by atoms with Crippen molar-refractivity contribution >= 4 is 0 Å². The van der Waals surface area contributed by atoms with Crippen LogP contribution in [0, 0.1) is 15.0 Å². The monoisotopic (exact) mass is 145 g/mol. The Morgan fingerprint density at radius 2 is 1.22 bits per heavy atom. The number of hydrogen-bond donors (Lipinski definition) is 1. The van der Waals surface area contributed by atoms with Crippen molar-refractivity contribution in [3.8, 4) is 0 Å². The molecule has 0 unspecified atom stereocenters. The second kappa shape index (κ2) is 155000. The lowest BCUT2D eigenvalue weighted by atomic mass is 12.0. The van der Waals surface area contributed by atoms with Crippen molar-refractivity contribution in [2.45, 2.75) is 22.3 Å². The van der Waals surface area contributed by atoms with Gasteiger partial charge in [-0.1, -0.05) is 22.3 Å². The fraction of sp³-hybridized carbons (Fsp3) is 1.00. The van der Waals surface area contributed by atoms with Gasteiger partial charge in [-0.25, -0.2) is 0 Å². The molecule has 0 amide bonds. The van der Waals surface area contributed by atoms with Crippen molar-refractivity contribution in [1.82, 2.24) is 0 Å². The second-order valence-corrected chi connectivity index (χ2v) is 0.0745. The highest BCUT2D eigenvalue weighted by Gasteiger charge is 0.958. The maximum Gasteiger partial charge on any atom is 1.00 e. The highest BCUT2D eigenvalue weighted by molar-refractivity contribution is 4.21. The molecule has 0 radical (unpaired) electrons. The van der Waals surface area contributed by atoms with Crippen LogP contribution in [0.2, 0.25) is 0 Å². The second-order valence-electron chi connectivity index (χ2n) is 0.0745. The van der Waals surface area contributed by atoms with Gasteiger partial charge in [-0.2, -0.15) is 0 Å². The van der Waals surface area contributed by atoms with E-state index in [1.165, 1.54) is 0 Å². The largest absolute Gasteiger partial charge is 1.00 e. The number of rotatable bonds is 0. The summed E-state index contributed by atoms with van der Waals surface area (Å²) >= 11 is 0. The van der Waals surface area contributed by atoms with Crippen LogP contribution in [0.25, 0.3) is 0 Å². The summed E-state index contributed by atoms with van der Waals surface area (Å²) in [6, 6.07) is 0. The normalized spacial score (nSPS) is 1.78. The quantitative estimate of drug-likeness (QED) is 0.379. The minimum Gasteiger partial charge on any atom is -0.444 e. The minimum atomic E-state index is 0. The molecule has 6 heteroatoms. The molecule has 0 bridgehead atoms. The van der Waals surface area contributed by atoms with E-state index in [0.717, 1.165) is 5.34 Å². The van der Waals surface area contributed by atoms with Crippen molar-refractivity contribution in [2.24, 2.45) is 5.34 Å². The standard InChI is InChI=1S/3CH4.HNO2.H2NO.H2O/c;;;2-1-3;1-2;/h3*1H4;(H,2,3);1H2;1H2/q;;;;+1;. The van der Waals surface area contributed by atoms with E-state index in [1.807, 2.05) is 0 Å². The molecular formula is C3H17N2O4+. The number of nitrogens with zero attached hydrogens (tertiary/aromatic N) is 1. The molecule has 0 aliphatic carbocycles. The first-order valence-electron chi connectivity index (χ1n) is 0.601. The van der Waals surface area contributed by atoms with Gasteiger partial charge in [0.2, 0.25) is 0 Å². The van der Waals surface area contributed by atoms with Crippen LogP contribution in [0.3, 0.4) is 0 Å². The first kappa shape index (κ1) is 100. The Labute approximate surface area is 56.4 Å². The van der Waals surface area contributed by atoms with Crippen molar-refractivity contribution in [2.75, 3.05) is 0 Å². The highest BCUT2D eigenvalue weighted by Crippen LogP contribution is 1.34. The molecule has 0 aromatic rings. The zero-order valence-electron chi connectivity index (χ0n) is 3.75. The SMILES string of the molecule is C.C.C.O.O=N[O-].[H+].[NH2+]=O. The van der Waals surface area contributed by atoms with E-state index in [4.69, 9.17) is 15.0 Å². The maximum absolute atomic E-state index is 8.00. The lowest BCUT2D eigenvalue weighted by Crippen LogP contribution is -2.18. The lowest BCUT2D eigenvalue weighted by Gasteiger charge is -1.51. The third-order valence-corrected chi connectivity index (χ3v) is 0. The molecule has 0 fully saturated rings. The molecule has 0 aromatic heterocycles. The molecule has 4 N–H and O–H groups in total. The summed E-state index contributed by atoms with van der Waals surface area (Å²) in [5, 5.41) is 9.00. The predicted molar refractivity (Wildman–Crippen MR) is 39.4 cm³/mol. The van der Waals surface area contributed by atoms with Gasteiger partial charge in [-0.15, -0.1) is 5.34 Å². The Morgan fingerprint density at radius 3 is 1.22 bits per heavy atom. The molecule has 0 saturated heterocycles. The number of hydrogen-bond acceptors (Lipinski definition) is 4. The Balaban J connectivity index is -0.00000000246. The average molecular weight is 145 g/mol. The first-order valence-corrected chi connectivity index (χ1v) is 0.601. The summed E-state index contributed by atoms with van der Waals surface area (Å²) in [6.45, 7) is 0. The fourth-order valence-corrected chi connectivity index (χ4v) is 0. The lowest BCUT2D eigenvalue weighted by molar-refractivity contribution is -0.142. The molecule has 9 heavy (non-hydrogen) atoms. The fourth-order valence-electron chi connectivity index (χ4n) is 0. The van der Waals surface area contributed by atoms with E-state index in [-0.39, 0.29) is 29.2 Å². The van der Waals surface area contributed by atoms with Crippen LogP contribution in [-0.2, 0) is 0 Å². The summed E-state index contributed by atoms with van der Waals surface area (Å²) in [5.41, 5.74) is 3.25. The minimum absolute atomic E-state index is 0. The van der Waals surface area contributed by atoms with Crippen LogP contribution >= 0.6 is 0 Å². The predicted octanol–water partition coefficient (Wildman–Crippen LogP) is -0.0414. The Kier molecular flexibility index (Phi) is 1720000. The van der Waals surface area contributed by atoms with Gasteiger partial charge in [0.15, 0.2) is 0 Å². The van der Waals surface area contributed by atoms with Crippen LogP contribution in [0.1, 0.15) is 23.7 Å². The Hall–Kier alpha value is -1.04. The first-order chi connectivity index (χ1) is 2.41. The van der Waals surface area contributed by atoms with Crippen molar-refractivity contribution < 1.29 is 12.5 Å². The molecule has 0 aliphatic rings. The van der Waals surface area contributed by atoms with E-state index in [0.29, 0.717) is 0 Å². The van der Waals surface area contributed by atoms with Gasteiger partial charge in [-0.3, -0.25) is 0 Å². The van der Waals surface area contributed by atoms with Gasteiger partial charge in [0.05, 0.1) is 0 Å². The third-order valence-electron chi connectivity index (χ3n) is 0. The van der Waals surface area contributed by atoms with Gasteiger partial charge in [0, 0.05) is 4.91 Å². The van der Waals surface area contributed by atoms with Crippen LogP contribution < -0.4 is 5.59 Å². The van der Waals surface area contributed by atoms with Crippen LogP contribution in [0.15, 0.2) is 5.34 Å². The smallest absolute Gasteiger partial charge is 0.444 e. The van der Waals surface area contributed by atoms with E-state index < -0.39 is 0 Å². The maximum atomic E-state index is 8.00. The van der Waals surface area contributed by atoms with Gasteiger partial charge < -0.3 is 15.6 Å². The molecule has 0 aromatic carbocycles. The van der Waals surface area contributed by atoms with Gasteiger partial charge in [0.1, 0.15) is 0 Å². The Morgan fingerprint density at radius 1 is 1.22 bits per heavy atom. The average Bonchev–Trinajstić information content (AvgIpc) is 1.46. The molecule has 0 spiro atoms. The summed E-state index contributed by atoms with van der Waals surface area (Å²) < 4.78 is 0. The molecule has 62 valence electrons. The van der Waals surface area contributed by atoms with Crippen LogP contribution in [-0.4, -0.2) is 5.48 Å². The summed E-state index contributed by atoms with van der Waals surface area (Å²) in [6.07, 6.45) is 0. The Bertz CT molecular complexity index is 32.5. The zero-order chi connectivity index (χ0) is 4.71. The molecule has 6 nitrogen and oxygen atoms in total. The topological polar surface area (TPSA) is 127 Å². The summed E-state index contributed by atoms with van der Waals surface area (Å²) in [4.78, 5) is 15.8. The van der Waals surface area contributed by atoms with Gasteiger partial charge in [0.25, 0.3) is 0 Å². The molecule has 0 atom stereocenters. The van der Waals surface area contributed by atoms with Crippen LogP contribution in [0.5, 0.6) is 0 Å². The van der Waals surface area contributed by atoms with Gasteiger partial charge >= 0.3 is 1.43 Å². The van der Waals surface area contributed by atoms with E-state index in [2.05, 4.69) is 5.59 Å². The van der Waals surface area contributed by atoms with Crippen molar-refractivity contribution in [3.05, 3.63) is 15.0 Å². The van der Waals surface area contributed by atoms with Gasteiger partial charge in [-0.05, 0) is 5.59 Å². The van der Waals surface area contributed by atoms with E-state index >= 15 is 0 Å². The molecule has 0 heterocycles. The number of nitrogens with two attached hydrogens (primary N) is 1. The van der Waals surface area contributed by atoms with Crippen molar-refractivity contribution in [3.63, 3.8) is 0 Å². The molecule has 0 aliphatic heterocycles. The molecule has 0 rings (SSSR count). The van der Waals surface area contributed by atoms with E-state index in [9.17, 15) is 0 Å². The third kappa shape index (κ3) is 158. The highest BCUT2D eigenvalue weighted by atomic mass is 16.6. The number of nitroso groups, excluding NO2 is 1. The van der Waals surface area contributed by atoms with E-state index in [1.54, 1.807) is 0 Å². The molecular weight excluding hydrogens is 128 g/mol.